The van der Waals surface area contributed by atoms with Crippen LogP contribution in [-0.2, 0) is 19.1 Å². The Morgan fingerprint density at radius 2 is 2.19 bits per heavy atom. The van der Waals surface area contributed by atoms with Crippen molar-refractivity contribution in [3.8, 4) is 0 Å². The summed E-state index contributed by atoms with van der Waals surface area (Å²) in [5.74, 6) is -0.865. The lowest BCUT2D eigenvalue weighted by atomic mass is 9.83. The van der Waals surface area contributed by atoms with Crippen LogP contribution in [0.2, 0.25) is 0 Å². The fourth-order valence-corrected chi connectivity index (χ4v) is 1.96. The molecule has 0 aromatic carbocycles. The summed E-state index contributed by atoms with van der Waals surface area (Å²) in [4.78, 5) is 23.1. The van der Waals surface area contributed by atoms with Crippen LogP contribution >= 0.6 is 0 Å². The van der Waals surface area contributed by atoms with Gasteiger partial charge in [0, 0.05) is 0 Å². The smallest absolute Gasteiger partial charge is 0.374 e. The van der Waals surface area contributed by atoms with Gasteiger partial charge in [-0.1, -0.05) is 20.8 Å². The second-order valence-corrected chi connectivity index (χ2v) is 4.30. The fraction of sp³-hybridized carbons (Fsp3) is 0.667. The van der Waals surface area contributed by atoms with Gasteiger partial charge in [0.2, 0.25) is 5.76 Å². The SMILES string of the molecule is CCOC(=O)C1=C[C@H](C)[C@@H](C(C)C)C(=O)O1. The van der Waals surface area contributed by atoms with E-state index in [-0.39, 0.29) is 36.1 Å². The maximum Gasteiger partial charge on any atom is 0.374 e. The van der Waals surface area contributed by atoms with Gasteiger partial charge < -0.3 is 9.47 Å². The molecule has 4 nitrogen and oxygen atoms in total. The van der Waals surface area contributed by atoms with Crippen LogP contribution in [0.15, 0.2) is 11.8 Å². The van der Waals surface area contributed by atoms with Gasteiger partial charge in [-0.2, -0.15) is 0 Å². The Morgan fingerprint density at radius 1 is 1.56 bits per heavy atom. The highest BCUT2D eigenvalue weighted by Gasteiger charge is 2.35. The Balaban J connectivity index is 2.83. The van der Waals surface area contributed by atoms with Gasteiger partial charge in [0.15, 0.2) is 0 Å². The lowest BCUT2D eigenvalue weighted by Gasteiger charge is -2.28. The van der Waals surface area contributed by atoms with Crippen LogP contribution in [0, 0.1) is 17.8 Å². The molecule has 0 aromatic rings. The quantitative estimate of drug-likeness (QED) is 0.690. The van der Waals surface area contributed by atoms with E-state index in [1.54, 1.807) is 13.0 Å². The van der Waals surface area contributed by atoms with Crippen LogP contribution < -0.4 is 0 Å². The summed E-state index contributed by atoms with van der Waals surface area (Å²) in [7, 11) is 0. The number of ether oxygens (including phenoxy) is 2. The Labute approximate surface area is 95.6 Å². The lowest BCUT2D eigenvalue weighted by molar-refractivity contribution is -0.157. The molecule has 0 unspecified atom stereocenters. The van der Waals surface area contributed by atoms with Crippen LogP contribution in [0.1, 0.15) is 27.7 Å². The fourth-order valence-electron chi connectivity index (χ4n) is 1.96. The minimum Gasteiger partial charge on any atom is -0.460 e. The summed E-state index contributed by atoms with van der Waals surface area (Å²) in [6.07, 6.45) is 1.67. The molecule has 1 heterocycles. The molecule has 1 rings (SSSR count). The molecule has 0 amide bonds. The minimum atomic E-state index is -0.565. The Morgan fingerprint density at radius 3 is 2.62 bits per heavy atom. The molecule has 0 spiro atoms. The number of hydrogen-bond acceptors (Lipinski definition) is 4. The molecule has 0 bridgehead atoms. The highest BCUT2D eigenvalue weighted by atomic mass is 16.6. The van der Waals surface area contributed by atoms with Crippen LogP contribution in [0.25, 0.3) is 0 Å². The van der Waals surface area contributed by atoms with Gasteiger partial charge in [0.05, 0.1) is 12.5 Å². The monoisotopic (exact) mass is 226 g/mol. The topological polar surface area (TPSA) is 52.6 Å². The molecular formula is C12H18O4. The second kappa shape index (κ2) is 5.14. The van der Waals surface area contributed by atoms with E-state index in [4.69, 9.17) is 9.47 Å². The van der Waals surface area contributed by atoms with Crippen LogP contribution in [0.5, 0.6) is 0 Å². The van der Waals surface area contributed by atoms with Gasteiger partial charge in [-0.25, -0.2) is 4.79 Å². The lowest BCUT2D eigenvalue weighted by Crippen LogP contribution is -2.33. The summed E-state index contributed by atoms with van der Waals surface area (Å²) in [6, 6.07) is 0. The average Bonchev–Trinajstić information content (AvgIpc) is 2.16. The van der Waals surface area contributed by atoms with E-state index >= 15 is 0 Å². The van der Waals surface area contributed by atoms with Crippen molar-refractivity contribution in [1.29, 1.82) is 0 Å². The zero-order valence-corrected chi connectivity index (χ0v) is 10.1. The van der Waals surface area contributed by atoms with Crippen molar-refractivity contribution in [2.45, 2.75) is 27.7 Å². The molecule has 1 aliphatic rings. The summed E-state index contributed by atoms with van der Waals surface area (Å²) in [6.45, 7) is 7.82. The minimum absolute atomic E-state index is 0.000608. The van der Waals surface area contributed by atoms with E-state index in [1.807, 2.05) is 20.8 Å². The van der Waals surface area contributed by atoms with Crippen LogP contribution in [-0.4, -0.2) is 18.5 Å². The van der Waals surface area contributed by atoms with Crippen molar-refractivity contribution >= 4 is 11.9 Å². The first-order valence-electron chi connectivity index (χ1n) is 5.58. The molecule has 90 valence electrons. The van der Waals surface area contributed by atoms with E-state index < -0.39 is 5.97 Å². The van der Waals surface area contributed by atoms with Gasteiger partial charge in [-0.15, -0.1) is 0 Å². The molecule has 0 saturated carbocycles. The number of rotatable bonds is 3. The first-order valence-corrected chi connectivity index (χ1v) is 5.58. The molecule has 0 saturated heterocycles. The van der Waals surface area contributed by atoms with Crippen molar-refractivity contribution in [2.75, 3.05) is 6.61 Å². The van der Waals surface area contributed by atoms with Gasteiger partial charge in [-0.3, -0.25) is 4.79 Å². The Bertz CT molecular complexity index is 317. The number of cyclic esters (lactones) is 1. The highest BCUT2D eigenvalue weighted by molar-refractivity contribution is 5.91. The summed E-state index contributed by atoms with van der Waals surface area (Å²) in [5.41, 5.74) is 0. The number of carbonyl (C=O) groups excluding carboxylic acids is 2. The van der Waals surface area contributed by atoms with Crippen LogP contribution in [0.3, 0.4) is 0 Å². The molecule has 0 radical (unpaired) electrons. The largest absolute Gasteiger partial charge is 0.460 e. The summed E-state index contributed by atoms with van der Waals surface area (Å²) >= 11 is 0. The third kappa shape index (κ3) is 2.62. The molecule has 0 N–H and O–H groups in total. The molecule has 4 heteroatoms. The van der Waals surface area contributed by atoms with Gasteiger partial charge in [0.25, 0.3) is 0 Å². The predicted molar refractivity (Wildman–Crippen MR) is 58.3 cm³/mol. The van der Waals surface area contributed by atoms with Gasteiger partial charge in [-0.05, 0) is 24.8 Å². The number of esters is 2. The van der Waals surface area contributed by atoms with E-state index in [1.165, 1.54) is 0 Å². The molecule has 2 atom stereocenters. The van der Waals surface area contributed by atoms with E-state index in [0.29, 0.717) is 0 Å². The molecule has 0 fully saturated rings. The second-order valence-electron chi connectivity index (χ2n) is 4.30. The van der Waals surface area contributed by atoms with Crippen molar-refractivity contribution in [1.82, 2.24) is 0 Å². The molecule has 0 aromatic heterocycles. The van der Waals surface area contributed by atoms with Crippen LogP contribution in [0.4, 0.5) is 0 Å². The Kier molecular flexibility index (Phi) is 4.10. The van der Waals surface area contributed by atoms with Crippen molar-refractivity contribution in [3.05, 3.63) is 11.8 Å². The average molecular weight is 226 g/mol. The maximum atomic E-state index is 11.7. The standard InChI is InChI=1S/C12H18O4/c1-5-15-11(13)9-6-8(4)10(7(2)3)12(14)16-9/h6-8,10H,5H2,1-4H3/t8-,10+/m0/s1. The van der Waals surface area contributed by atoms with E-state index in [9.17, 15) is 9.59 Å². The third-order valence-electron chi connectivity index (χ3n) is 2.66. The van der Waals surface area contributed by atoms with Crippen molar-refractivity contribution in [2.24, 2.45) is 17.8 Å². The highest BCUT2D eigenvalue weighted by Crippen LogP contribution is 2.29. The summed E-state index contributed by atoms with van der Waals surface area (Å²) < 4.78 is 9.78. The third-order valence-corrected chi connectivity index (χ3v) is 2.66. The van der Waals surface area contributed by atoms with E-state index in [2.05, 4.69) is 0 Å². The zero-order valence-electron chi connectivity index (χ0n) is 10.1. The van der Waals surface area contributed by atoms with Crippen molar-refractivity contribution in [3.63, 3.8) is 0 Å². The normalized spacial score (nSPS) is 25.1. The molecule has 1 aliphatic heterocycles. The molecule has 0 aliphatic carbocycles. The summed E-state index contributed by atoms with van der Waals surface area (Å²) in [5, 5.41) is 0. The Hall–Kier alpha value is -1.32. The van der Waals surface area contributed by atoms with Gasteiger partial charge in [0.1, 0.15) is 0 Å². The zero-order chi connectivity index (χ0) is 12.3. The predicted octanol–water partition coefficient (Wildman–Crippen LogP) is 1.90. The number of hydrogen-bond donors (Lipinski definition) is 0. The van der Waals surface area contributed by atoms with E-state index in [0.717, 1.165) is 0 Å². The molecule has 16 heavy (non-hydrogen) atoms. The van der Waals surface area contributed by atoms with Gasteiger partial charge >= 0.3 is 11.9 Å². The maximum absolute atomic E-state index is 11.7. The first kappa shape index (κ1) is 12.7. The number of allylic oxidation sites excluding steroid dienone is 1. The number of carbonyl (C=O) groups is 2. The molecular weight excluding hydrogens is 208 g/mol. The first-order chi connectivity index (χ1) is 7.47. The van der Waals surface area contributed by atoms with Crippen molar-refractivity contribution < 1.29 is 19.1 Å².